The number of hydrogen-bond acceptors (Lipinski definition) is 4. The highest BCUT2D eigenvalue weighted by Gasteiger charge is 2.37. The molecule has 1 saturated heterocycles. The second-order valence-corrected chi connectivity index (χ2v) is 7.69. The first kappa shape index (κ1) is 19.1. The van der Waals surface area contributed by atoms with Crippen molar-refractivity contribution in [1.82, 2.24) is 10.3 Å². The first-order valence-electron chi connectivity index (χ1n) is 9.55. The summed E-state index contributed by atoms with van der Waals surface area (Å²) in [7, 11) is 2.04. The average Bonchev–Trinajstić information content (AvgIpc) is 2.77. The first-order valence-corrected chi connectivity index (χ1v) is 9.55. The van der Waals surface area contributed by atoms with Gasteiger partial charge in [-0.3, -0.25) is 9.59 Å². The van der Waals surface area contributed by atoms with Gasteiger partial charge in [-0.2, -0.15) is 5.10 Å². The fourth-order valence-corrected chi connectivity index (χ4v) is 3.93. The van der Waals surface area contributed by atoms with E-state index in [1.807, 2.05) is 19.2 Å². The molecular formula is C21H28N4O2. The lowest BCUT2D eigenvalue weighted by Gasteiger charge is -2.23. The highest BCUT2D eigenvalue weighted by molar-refractivity contribution is 5.86. The number of hydrogen-bond donors (Lipinski definition) is 1. The van der Waals surface area contributed by atoms with E-state index in [0.717, 1.165) is 25.0 Å². The van der Waals surface area contributed by atoms with Gasteiger partial charge in [0.25, 0.3) is 5.91 Å². The fourth-order valence-electron chi connectivity index (χ4n) is 3.93. The SMILES string of the molecule is CN1/C(=C\C=N/NC(=O)CN2CCCCCC2=O)C(C)(C)c2ccccc21. The number of amides is 2. The van der Waals surface area contributed by atoms with E-state index in [4.69, 9.17) is 0 Å². The van der Waals surface area contributed by atoms with Gasteiger partial charge in [0.15, 0.2) is 0 Å². The number of rotatable bonds is 4. The van der Waals surface area contributed by atoms with E-state index < -0.39 is 0 Å². The molecule has 144 valence electrons. The van der Waals surface area contributed by atoms with Crippen LogP contribution in [0.4, 0.5) is 5.69 Å². The second kappa shape index (κ2) is 7.94. The van der Waals surface area contributed by atoms with Crippen molar-refractivity contribution >= 4 is 23.7 Å². The largest absolute Gasteiger partial charge is 0.347 e. The van der Waals surface area contributed by atoms with Crippen LogP contribution in [0, 0.1) is 0 Å². The molecule has 2 aliphatic rings. The van der Waals surface area contributed by atoms with Gasteiger partial charge in [0, 0.05) is 43.0 Å². The zero-order valence-electron chi connectivity index (χ0n) is 16.4. The molecule has 1 aromatic rings. The number of nitrogens with one attached hydrogen (secondary N) is 1. The van der Waals surface area contributed by atoms with Crippen molar-refractivity contribution in [2.24, 2.45) is 5.10 Å². The van der Waals surface area contributed by atoms with Crippen LogP contribution in [-0.4, -0.2) is 43.1 Å². The van der Waals surface area contributed by atoms with Crippen molar-refractivity contribution in [3.05, 3.63) is 41.6 Å². The van der Waals surface area contributed by atoms with Gasteiger partial charge in [0.1, 0.15) is 6.54 Å². The molecule has 6 nitrogen and oxygen atoms in total. The molecule has 1 aromatic carbocycles. The number of nitrogens with zero attached hydrogens (tertiary/aromatic N) is 3. The summed E-state index contributed by atoms with van der Waals surface area (Å²) in [5.74, 6) is -0.205. The van der Waals surface area contributed by atoms with Crippen LogP contribution in [0.1, 0.15) is 45.1 Å². The van der Waals surface area contributed by atoms with Gasteiger partial charge in [0.05, 0.1) is 0 Å². The predicted octanol–water partition coefficient (Wildman–Crippen LogP) is 2.80. The molecule has 1 N–H and O–H groups in total. The fraction of sp³-hybridized carbons (Fsp3) is 0.476. The molecule has 0 atom stereocenters. The Kier molecular flexibility index (Phi) is 5.63. The summed E-state index contributed by atoms with van der Waals surface area (Å²) in [4.78, 5) is 27.8. The summed E-state index contributed by atoms with van der Waals surface area (Å²) in [6.45, 7) is 5.08. The van der Waals surface area contributed by atoms with Crippen LogP contribution in [0.3, 0.4) is 0 Å². The maximum Gasteiger partial charge on any atom is 0.259 e. The molecule has 0 bridgehead atoms. The van der Waals surface area contributed by atoms with Gasteiger partial charge in [-0.05, 0) is 30.5 Å². The van der Waals surface area contributed by atoms with E-state index in [1.165, 1.54) is 11.3 Å². The van der Waals surface area contributed by atoms with Crippen LogP contribution in [0.2, 0.25) is 0 Å². The number of anilines is 1. The Hall–Kier alpha value is -2.63. The van der Waals surface area contributed by atoms with Gasteiger partial charge >= 0.3 is 0 Å². The molecule has 2 aliphatic heterocycles. The van der Waals surface area contributed by atoms with Gasteiger partial charge in [-0.25, -0.2) is 5.43 Å². The molecule has 0 unspecified atom stereocenters. The molecule has 0 spiro atoms. The molecule has 0 aliphatic carbocycles. The minimum absolute atomic E-state index is 0.0563. The number of hydrazone groups is 1. The molecule has 27 heavy (non-hydrogen) atoms. The summed E-state index contributed by atoms with van der Waals surface area (Å²) in [6, 6.07) is 8.33. The second-order valence-electron chi connectivity index (χ2n) is 7.69. The van der Waals surface area contributed by atoms with E-state index in [1.54, 1.807) is 11.1 Å². The van der Waals surface area contributed by atoms with Crippen LogP contribution in [0.5, 0.6) is 0 Å². The van der Waals surface area contributed by atoms with E-state index in [-0.39, 0.29) is 23.8 Å². The summed E-state index contributed by atoms with van der Waals surface area (Å²) in [5, 5.41) is 4.05. The maximum atomic E-state index is 12.1. The van der Waals surface area contributed by atoms with Crippen LogP contribution >= 0.6 is 0 Å². The van der Waals surface area contributed by atoms with Gasteiger partial charge in [-0.1, -0.05) is 38.5 Å². The van der Waals surface area contributed by atoms with Gasteiger partial charge < -0.3 is 9.80 Å². The lowest BCUT2D eigenvalue weighted by Crippen LogP contribution is -2.39. The number of benzene rings is 1. The standard InChI is InChI=1S/C21H28N4O2/c1-21(2)16-9-6-7-10-17(16)24(3)18(21)12-13-22-23-19(26)15-25-14-8-4-5-11-20(25)27/h6-7,9-10,12-13H,4-5,8,11,14-15H2,1-3H3,(H,23,26)/b18-12-,22-13-. The third kappa shape index (κ3) is 4.04. The normalized spacial score (nSPS) is 20.9. The zero-order chi connectivity index (χ0) is 19.4. The van der Waals surface area contributed by atoms with E-state index in [2.05, 4.69) is 47.5 Å². The number of carbonyl (C=O) groups is 2. The van der Waals surface area contributed by atoms with Crippen molar-refractivity contribution in [2.75, 3.05) is 25.0 Å². The number of allylic oxidation sites excluding steroid dienone is 2. The van der Waals surface area contributed by atoms with E-state index in [0.29, 0.717) is 13.0 Å². The highest BCUT2D eigenvalue weighted by Crippen LogP contribution is 2.46. The molecular weight excluding hydrogens is 340 g/mol. The molecule has 3 rings (SSSR count). The molecule has 0 radical (unpaired) electrons. The van der Waals surface area contributed by atoms with Crippen molar-refractivity contribution in [2.45, 2.75) is 44.9 Å². The predicted molar refractivity (Wildman–Crippen MR) is 108 cm³/mol. The lowest BCUT2D eigenvalue weighted by atomic mass is 9.84. The summed E-state index contributed by atoms with van der Waals surface area (Å²) < 4.78 is 0. The Morgan fingerprint density at radius 1 is 1.26 bits per heavy atom. The van der Waals surface area contributed by atoms with Crippen LogP contribution in [0.25, 0.3) is 0 Å². The van der Waals surface area contributed by atoms with Crippen molar-refractivity contribution in [1.29, 1.82) is 0 Å². The number of fused-ring (bicyclic) bond motifs is 1. The minimum atomic E-state index is -0.262. The quantitative estimate of drug-likeness (QED) is 0.656. The Labute approximate surface area is 160 Å². The van der Waals surface area contributed by atoms with Gasteiger partial charge in [-0.15, -0.1) is 0 Å². The van der Waals surface area contributed by atoms with Crippen molar-refractivity contribution in [3.8, 4) is 0 Å². The van der Waals surface area contributed by atoms with Crippen LogP contribution in [-0.2, 0) is 15.0 Å². The summed E-state index contributed by atoms with van der Waals surface area (Å²) in [6.07, 6.45) is 6.98. The van der Waals surface area contributed by atoms with Crippen LogP contribution in [0.15, 0.2) is 41.1 Å². The Morgan fingerprint density at radius 3 is 2.81 bits per heavy atom. The van der Waals surface area contributed by atoms with Crippen molar-refractivity contribution < 1.29 is 9.59 Å². The number of likely N-dealkylation sites (tertiary alicyclic amines) is 1. The third-order valence-corrected chi connectivity index (χ3v) is 5.44. The summed E-state index contributed by atoms with van der Waals surface area (Å²) >= 11 is 0. The summed E-state index contributed by atoms with van der Waals surface area (Å²) in [5.41, 5.74) is 5.98. The monoisotopic (exact) mass is 368 g/mol. The molecule has 2 heterocycles. The van der Waals surface area contributed by atoms with E-state index >= 15 is 0 Å². The highest BCUT2D eigenvalue weighted by atomic mass is 16.2. The molecule has 2 amide bonds. The third-order valence-electron chi connectivity index (χ3n) is 5.44. The minimum Gasteiger partial charge on any atom is -0.347 e. The zero-order valence-corrected chi connectivity index (χ0v) is 16.4. The molecule has 6 heteroatoms. The number of para-hydroxylation sites is 1. The lowest BCUT2D eigenvalue weighted by molar-refractivity contribution is -0.135. The average molecular weight is 368 g/mol. The molecule has 0 saturated carbocycles. The number of carbonyl (C=O) groups excluding carboxylic acids is 2. The first-order chi connectivity index (χ1) is 12.9. The smallest absolute Gasteiger partial charge is 0.259 e. The topological polar surface area (TPSA) is 65.0 Å². The molecule has 1 fully saturated rings. The Bertz CT molecular complexity index is 782. The number of likely N-dealkylation sites (N-methyl/N-ethyl adjacent to an activating group) is 1. The van der Waals surface area contributed by atoms with E-state index in [9.17, 15) is 9.59 Å². The van der Waals surface area contributed by atoms with Gasteiger partial charge in [0.2, 0.25) is 5.91 Å². The maximum absolute atomic E-state index is 12.1. The Morgan fingerprint density at radius 2 is 2.04 bits per heavy atom. The van der Waals surface area contributed by atoms with Crippen LogP contribution < -0.4 is 10.3 Å². The molecule has 0 aromatic heterocycles. The van der Waals surface area contributed by atoms with Crippen molar-refractivity contribution in [3.63, 3.8) is 0 Å². The Balaban J connectivity index is 1.60.